The van der Waals surface area contributed by atoms with Crippen LogP contribution >= 0.6 is 0 Å². The summed E-state index contributed by atoms with van der Waals surface area (Å²) in [6.45, 7) is 2.05. The first-order chi connectivity index (χ1) is 10.2. The van der Waals surface area contributed by atoms with Crippen molar-refractivity contribution in [2.24, 2.45) is 0 Å². The number of carbonyl (C=O) groups is 1. The fraction of sp³-hybridized carbons (Fsp3) is 0.176. The molecule has 0 spiro atoms. The molecular weight excluding hydrogens is 262 g/mol. The highest BCUT2D eigenvalue weighted by Crippen LogP contribution is 2.38. The number of rotatable bonds is 0. The number of nitrogens with one attached hydrogen (secondary N) is 1. The maximum absolute atomic E-state index is 12.8. The lowest BCUT2D eigenvalue weighted by Crippen LogP contribution is -2.30. The Balaban J connectivity index is 2.19. The smallest absolute Gasteiger partial charge is 0.254 e. The zero-order chi connectivity index (χ0) is 14.6. The SMILES string of the molecule is CC1c2c[nH]c3nccc(c23)-c2ccccc2C(=O)N1C. The third-order valence-electron chi connectivity index (χ3n) is 4.40. The third kappa shape index (κ3) is 1.56. The lowest BCUT2D eigenvalue weighted by atomic mass is 9.92. The fourth-order valence-electron chi connectivity index (χ4n) is 3.11. The molecule has 1 atom stereocenters. The van der Waals surface area contributed by atoms with Gasteiger partial charge < -0.3 is 9.88 Å². The van der Waals surface area contributed by atoms with Crippen molar-refractivity contribution in [3.8, 4) is 11.1 Å². The van der Waals surface area contributed by atoms with E-state index in [1.165, 1.54) is 0 Å². The summed E-state index contributed by atoms with van der Waals surface area (Å²) >= 11 is 0. The third-order valence-corrected chi connectivity index (χ3v) is 4.40. The van der Waals surface area contributed by atoms with E-state index in [9.17, 15) is 4.79 Å². The first-order valence-electron chi connectivity index (χ1n) is 7.01. The molecule has 0 aliphatic carbocycles. The maximum atomic E-state index is 12.8. The summed E-state index contributed by atoms with van der Waals surface area (Å²) in [5, 5.41) is 1.11. The highest BCUT2D eigenvalue weighted by Gasteiger charge is 2.28. The molecule has 104 valence electrons. The zero-order valence-electron chi connectivity index (χ0n) is 11.9. The molecule has 1 aliphatic rings. The molecule has 1 unspecified atom stereocenters. The number of carbonyl (C=O) groups excluding carboxylic acids is 1. The highest BCUT2D eigenvalue weighted by atomic mass is 16.2. The van der Waals surface area contributed by atoms with Crippen LogP contribution in [0, 0.1) is 0 Å². The van der Waals surface area contributed by atoms with Crippen LogP contribution in [-0.2, 0) is 0 Å². The molecule has 0 bridgehead atoms. The predicted octanol–water partition coefficient (Wildman–Crippen LogP) is 3.38. The van der Waals surface area contributed by atoms with E-state index >= 15 is 0 Å². The minimum Gasteiger partial charge on any atom is -0.346 e. The summed E-state index contributed by atoms with van der Waals surface area (Å²) in [4.78, 5) is 22.2. The molecule has 3 heterocycles. The molecule has 21 heavy (non-hydrogen) atoms. The fourth-order valence-corrected chi connectivity index (χ4v) is 3.11. The van der Waals surface area contributed by atoms with Crippen molar-refractivity contribution in [3.05, 3.63) is 53.9 Å². The van der Waals surface area contributed by atoms with Gasteiger partial charge >= 0.3 is 0 Å². The monoisotopic (exact) mass is 277 g/mol. The zero-order valence-corrected chi connectivity index (χ0v) is 11.9. The number of pyridine rings is 1. The van der Waals surface area contributed by atoms with Crippen LogP contribution in [0.3, 0.4) is 0 Å². The average Bonchev–Trinajstić information content (AvgIpc) is 2.96. The standard InChI is InChI=1S/C17H15N3O/c1-10-14-9-19-16-15(14)12(7-8-18-16)11-5-3-4-6-13(11)17(21)20(10)2/h3-10H,1-2H3,(H,18,19). The van der Waals surface area contributed by atoms with E-state index in [0.29, 0.717) is 0 Å². The van der Waals surface area contributed by atoms with Crippen molar-refractivity contribution in [2.75, 3.05) is 7.05 Å². The number of amides is 1. The van der Waals surface area contributed by atoms with Gasteiger partial charge in [0.2, 0.25) is 0 Å². The van der Waals surface area contributed by atoms with Gasteiger partial charge in [0.1, 0.15) is 5.65 Å². The van der Waals surface area contributed by atoms with Crippen molar-refractivity contribution in [1.29, 1.82) is 0 Å². The van der Waals surface area contributed by atoms with Crippen LogP contribution in [-0.4, -0.2) is 27.8 Å². The molecule has 1 aromatic carbocycles. The summed E-state index contributed by atoms with van der Waals surface area (Å²) in [5.41, 5.74) is 4.76. The number of aromatic nitrogens is 2. The molecule has 0 saturated heterocycles. The Morgan fingerprint density at radius 1 is 1.14 bits per heavy atom. The molecule has 1 N–H and O–H groups in total. The van der Waals surface area contributed by atoms with Gasteiger partial charge in [-0.1, -0.05) is 18.2 Å². The van der Waals surface area contributed by atoms with Crippen LogP contribution < -0.4 is 0 Å². The van der Waals surface area contributed by atoms with Gasteiger partial charge in [-0.15, -0.1) is 0 Å². The van der Waals surface area contributed by atoms with Crippen LogP contribution in [0.1, 0.15) is 28.9 Å². The second-order valence-electron chi connectivity index (χ2n) is 5.46. The first kappa shape index (κ1) is 12.1. The Bertz CT molecular complexity index is 865. The van der Waals surface area contributed by atoms with Gasteiger partial charge in [0.05, 0.1) is 6.04 Å². The van der Waals surface area contributed by atoms with E-state index in [2.05, 4.69) is 9.97 Å². The van der Waals surface area contributed by atoms with Gasteiger partial charge in [-0.05, 0) is 30.2 Å². The average molecular weight is 277 g/mol. The molecule has 3 aromatic rings. The van der Waals surface area contributed by atoms with Gasteiger partial charge in [0, 0.05) is 36.0 Å². The van der Waals surface area contributed by atoms with Crippen LogP contribution in [0.25, 0.3) is 22.2 Å². The van der Waals surface area contributed by atoms with Crippen LogP contribution in [0.5, 0.6) is 0 Å². The quantitative estimate of drug-likeness (QED) is 0.685. The molecule has 1 aliphatic heterocycles. The maximum Gasteiger partial charge on any atom is 0.254 e. The Kier molecular flexibility index (Phi) is 2.42. The van der Waals surface area contributed by atoms with Crippen molar-refractivity contribution in [1.82, 2.24) is 14.9 Å². The lowest BCUT2D eigenvalue weighted by Gasteiger charge is -2.28. The number of benzene rings is 1. The van der Waals surface area contributed by atoms with E-state index in [-0.39, 0.29) is 11.9 Å². The number of H-pyrrole nitrogens is 1. The van der Waals surface area contributed by atoms with Gasteiger partial charge in [-0.3, -0.25) is 4.79 Å². The Hall–Kier alpha value is -2.62. The predicted molar refractivity (Wildman–Crippen MR) is 82.0 cm³/mol. The number of aromatic amines is 1. The van der Waals surface area contributed by atoms with Crippen LogP contribution in [0.15, 0.2) is 42.7 Å². The summed E-state index contributed by atoms with van der Waals surface area (Å²) in [5.74, 6) is 0.0508. The summed E-state index contributed by atoms with van der Waals surface area (Å²) < 4.78 is 0. The van der Waals surface area contributed by atoms with E-state index in [4.69, 9.17) is 0 Å². The summed E-state index contributed by atoms with van der Waals surface area (Å²) in [6.07, 6.45) is 3.75. The topological polar surface area (TPSA) is 49.0 Å². The van der Waals surface area contributed by atoms with E-state index in [0.717, 1.165) is 33.3 Å². The van der Waals surface area contributed by atoms with Gasteiger partial charge in [0.15, 0.2) is 0 Å². The minimum atomic E-state index is 0.00237. The second kappa shape index (κ2) is 4.19. The number of nitrogens with zero attached hydrogens (tertiary/aromatic N) is 2. The Morgan fingerprint density at radius 2 is 1.90 bits per heavy atom. The van der Waals surface area contributed by atoms with Gasteiger partial charge in [0.25, 0.3) is 5.91 Å². The van der Waals surface area contributed by atoms with Crippen LogP contribution in [0.4, 0.5) is 0 Å². The number of hydrogen-bond donors (Lipinski definition) is 1. The van der Waals surface area contributed by atoms with Gasteiger partial charge in [-0.25, -0.2) is 4.98 Å². The summed E-state index contributed by atoms with van der Waals surface area (Å²) in [6, 6.07) is 9.77. The molecule has 1 amide bonds. The molecule has 0 radical (unpaired) electrons. The molecule has 0 fully saturated rings. The van der Waals surface area contributed by atoms with Gasteiger partial charge in [-0.2, -0.15) is 0 Å². The first-order valence-corrected chi connectivity index (χ1v) is 7.01. The largest absolute Gasteiger partial charge is 0.346 e. The van der Waals surface area contributed by atoms with E-state index < -0.39 is 0 Å². The molecule has 0 saturated carbocycles. The van der Waals surface area contributed by atoms with E-state index in [1.807, 2.05) is 50.5 Å². The molecule has 4 nitrogen and oxygen atoms in total. The molecule has 2 aromatic heterocycles. The second-order valence-corrected chi connectivity index (χ2v) is 5.46. The summed E-state index contributed by atoms with van der Waals surface area (Å²) in [7, 11) is 1.85. The van der Waals surface area contributed by atoms with Crippen molar-refractivity contribution in [2.45, 2.75) is 13.0 Å². The molecule has 4 heteroatoms. The Labute approximate surface area is 122 Å². The number of hydrogen-bond acceptors (Lipinski definition) is 2. The molecule has 4 rings (SSSR count). The van der Waals surface area contributed by atoms with Crippen molar-refractivity contribution < 1.29 is 4.79 Å². The minimum absolute atomic E-state index is 0.00237. The van der Waals surface area contributed by atoms with Crippen molar-refractivity contribution >= 4 is 16.9 Å². The van der Waals surface area contributed by atoms with Crippen LogP contribution in [0.2, 0.25) is 0 Å². The number of fused-ring (bicyclic) bond motifs is 2. The normalized spacial score (nSPS) is 17.5. The molecular formula is C17H15N3O. The lowest BCUT2D eigenvalue weighted by molar-refractivity contribution is 0.0744. The van der Waals surface area contributed by atoms with E-state index in [1.54, 1.807) is 11.1 Å². The Morgan fingerprint density at radius 3 is 2.71 bits per heavy atom. The highest BCUT2D eigenvalue weighted by molar-refractivity contribution is 6.07. The van der Waals surface area contributed by atoms with Crippen molar-refractivity contribution in [3.63, 3.8) is 0 Å².